The van der Waals surface area contributed by atoms with Crippen molar-refractivity contribution in [2.45, 2.75) is 13.3 Å². The fourth-order valence-electron chi connectivity index (χ4n) is 1.92. The molecular formula is C14H12O. The van der Waals surface area contributed by atoms with E-state index in [-0.39, 0.29) is 0 Å². The summed E-state index contributed by atoms with van der Waals surface area (Å²) in [6.07, 6.45) is 1.04. The third-order valence-corrected chi connectivity index (χ3v) is 2.82. The molecule has 0 saturated heterocycles. The molecule has 0 amide bonds. The van der Waals surface area contributed by atoms with Crippen LogP contribution >= 0.6 is 0 Å². The summed E-state index contributed by atoms with van der Waals surface area (Å²) >= 11 is 0. The molecule has 0 unspecified atom stereocenters. The molecule has 1 aliphatic rings. The van der Waals surface area contributed by atoms with Gasteiger partial charge in [-0.05, 0) is 17.5 Å². The Balaban J connectivity index is 2.10. The van der Waals surface area contributed by atoms with Gasteiger partial charge < -0.3 is 4.74 Å². The van der Waals surface area contributed by atoms with Crippen LogP contribution in [0.15, 0.2) is 42.5 Å². The second-order valence-electron chi connectivity index (χ2n) is 3.75. The molecule has 2 aromatic carbocycles. The molecule has 1 heteroatoms. The van der Waals surface area contributed by atoms with Crippen molar-refractivity contribution in [3.8, 4) is 22.6 Å². The van der Waals surface area contributed by atoms with E-state index in [1.807, 2.05) is 6.07 Å². The van der Waals surface area contributed by atoms with E-state index in [2.05, 4.69) is 43.3 Å². The van der Waals surface area contributed by atoms with Gasteiger partial charge in [-0.1, -0.05) is 49.4 Å². The van der Waals surface area contributed by atoms with Crippen molar-refractivity contribution >= 4 is 0 Å². The maximum absolute atomic E-state index is 5.55. The van der Waals surface area contributed by atoms with Crippen LogP contribution in [0.25, 0.3) is 11.1 Å². The topological polar surface area (TPSA) is 12.5 Å². The Hall–Kier alpha value is -1.76. The Labute approximate surface area is 89.3 Å². The second-order valence-corrected chi connectivity index (χ2v) is 3.75. The van der Waals surface area contributed by atoms with E-state index < -0.39 is 0 Å². The molecule has 0 saturated carbocycles. The minimum absolute atomic E-state index is 1.04. The van der Waals surface area contributed by atoms with Gasteiger partial charge in [0.25, 0.3) is 0 Å². The molecule has 0 radical (unpaired) electrons. The highest BCUT2D eigenvalue weighted by atomic mass is 16.6. The van der Waals surface area contributed by atoms with Gasteiger partial charge in [-0.2, -0.15) is 0 Å². The summed E-state index contributed by atoms with van der Waals surface area (Å²) in [6, 6.07) is 14.7. The van der Waals surface area contributed by atoms with Gasteiger partial charge in [-0.15, -0.1) is 0 Å². The van der Waals surface area contributed by atoms with Crippen LogP contribution in [0.1, 0.15) is 12.5 Å². The van der Waals surface area contributed by atoms with Crippen LogP contribution in [0.4, 0.5) is 0 Å². The SMILES string of the molecule is CCc1ccc(-c2ccccc2)c2c1O2. The van der Waals surface area contributed by atoms with Crippen LogP contribution in [0, 0.1) is 0 Å². The fraction of sp³-hybridized carbons (Fsp3) is 0.143. The van der Waals surface area contributed by atoms with Crippen molar-refractivity contribution in [2.75, 3.05) is 0 Å². The summed E-state index contributed by atoms with van der Waals surface area (Å²) in [5.41, 5.74) is 3.75. The average molecular weight is 196 g/mol. The summed E-state index contributed by atoms with van der Waals surface area (Å²) in [5.74, 6) is 2.17. The van der Waals surface area contributed by atoms with E-state index in [1.54, 1.807) is 0 Å². The van der Waals surface area contributed by atoms with Crippen LogP contribution in [0.5, 0.6) is 11.5 Å². The second kappa shape index (κ2) is 3.13. The van der Waals surface area contributed by atoms with E-state index >= 15 is 0 Å². The first kappa shape index (κ1) is 8.54. The highest BCUT2D eigenvalue weighted by molar-refractivity contribution is 5.81. The molecule has 0 spiro atoms. The molecule has 2 aromatic rings. The standard InChI is InChI=1S/C14H12O/c1-2-10-8-9-12(14-13(10)15-14)11-6-4-3-5-7-11/h3-9H,2H2,1H3. The Bertz CT molecular complexity index is 500. The van der Waals surface area contributed by atoms with Crippen molar-refractivity contribution in [3.63, 3.8) is 0 Å². The van der Waals surface area contributed by atoms with Crippen molar-refractivity contribution in [2.24, 2.45) is 0 Å². The zero-order chi connectivity index (χ0) is 10.3. The molecule has 0 N–H and O–H groups in total. The minimum atomic E-state index is 1.04. The van der Waals surface area contributed by atoms with Gasteiger partial charge in [0, 0.05) is 5.56 Å². The van der Waals surface area contributed by atoms with Gasteiger partial charge in [0.1, 0.15) is 0 Å². The number of rotatable bonds is 2. The highest BCUT2D eigenvalue weighted by Crippen LogP contribution is 2.54. The molecule has 0 atom stereocenters. The van der Waals surface area contributed by atoms with E-state index in [0.29, 0.717) is 0 Å². The molecule has 1 nitrogen and oxygen atoms in total. The molecule has 0 fully saturated rings. The summed E-state index contributed by atoms with van der Waals surface area (Å²) in [6.45, 7) is 2.15. The molecule has 0 bridgehead atoms. The van der Waals surface area contributed by atoms with Crippen LogP contribution in [-0.2, 0) is 6.42 Å². The van der Waals surface area contributed by atoms with Gasteiger partial charge in [0.05, 0.1) is 0 Å². The maximum atomic E-state index is 5.55. The lowest BCUT2D eigenvalue weighted by Crippen LogP contribution is -1.75. The van der Waals surface area contributed by atoms with Gasteiger partial charge in [-0.3, -0.25) is 0 Å². The van der Waals surface area contributed by atoms with Gasteiger partial charge in [0.2, 0.25) is 0 Å². The average Bonchev–Trinajstić information content (AvgIpc) is 3.08. The lowest BCUT2D eigenvalue weighted by molar-refractivity contribution is 0.645. The molecule has 1 aliphatic heterocycles. The number of ether oxygens (including phenoxy) is 1. The predicted octanol–water partition coefficient (Wildman–Crippen LogP) is 4.02. The normalized spacial score (nSPS) is 11.8. The first-order valence-electron chi connectivity index (χ1n) is 5.29. The summed E-state index contributed by atoms with van der Waals surface area (Å²) in [4.78, 5) is 0. The summed E-state index contributed by atoms with van der Waals surface area (Å²) < 4.78 is 5.55. The van der Waals surface area contributed by atoms with E-state index in [1.165, 1.54) is 16.7 Å². The van der Waals surface area contributed by atoms with Crippen LogP contribution in [0.3, 0.4) is 0 Å². The van der Waals surface area contributed by atoms with Crippen LogP contribution < -0.4 is 4.74 Å². The fourth-order valence-corrected chi connectivity index (χ4v) is 1.92. The third-order valence-electron chi connectivity index (χ3n) is 2.82. The smallest absolute Gasteiger partial charge is 0.178 e. The zero-order valence-corrected chi connectivity index (χ0v) is 8.66. The van der Waals surface area contributed by atoms with E-state index in [9.17, 15) is 0 Å². The van der Waals surface area contributed by atoms with E-state index in [4.69, 9.17) is 4.74 Å². The third kappa shape index (κ3) is 1.32. The monoisotopic (exact) mass is 196 g/mol. The van der Waals surface area contributed by atoms with Gasteiger partial charge in [-0.25, -0.2) is 0 Å². The Morgan fingerprint density at radius 2 is 1.73 bits per heavy atom. The molecule has 74 valence electrons. The Morgan fingerprint density at radius 1 is 0.933 bits per heavy atom. The maximum Gasteiger partial charge on any atom is 0.178 e. The zero-order valence-electron chi connectivity index (χ0n) is 8.66. The number of benzene rings is 2. The van der Waals surface area contributed by atoms with Crippen molar-refractivity contribution in [1.29, 1.82) is 0 Å². The molecule has 15 heavy (non-hydrogen) atoms. The van der Waals surface area contributed by atoms with Gasteiger partial charge >= 0.3 is 0 Å². The quantitative estimate of drug-likeness (QED) is 0.564. The summed E-state index contributed by atoms with van der Waals surface area (Å²) in [7, 11) is 0. The van der Waals surface area contributed by atoms with Crippen LogP contribution in [0.2, 0.25) is 0 Å². The van der Waals surface area contributed by atoms with E-state index in [0.717, 1.165) is 17.9 Å². The number of hydrogen-bond acceptors (Lipinski definition) is 1. The number of fused-ring (bicyclic) bond motifs is 1. The Kier molecular flexibility index (Phi) is 1.78. The number of hydrogen-bond donors (Lipinski definition) is 0. The molecule has 0 aliphatic carbocycles. The molecule has 1 heterocycles. The molecule has 3 rings (SSSR count). The summed E-state index contributed by atoms with van der Waals surface area (Å²) in [5, 5.41) is 0. The molecule has 0 aromatic heterocycles. The largest absolute Gasteiger partial charge is 0.449 e. The lowest BCUT2D eigenvalue weighted by atomic mass is 10.0. The predicted molar refractivity (Wildman–Crippen MR) is 61.3 cm³/mol. The van der Waals surface area contributed by atoms with Crippen molar-refractivity contribution in [3.05, 3.63) is 48.0 Å². The first-order chi connectivity index (χ1) is 7.40. The van der Waals surface area contributed by atoms with Gasteiger partial charge in [0.15, 0.2) is 11.5 Å². The highest BCUT2D eigenvalue weighted by Gasteiger charge is 2.28. The number of aryl methyl sites for hydroxylation is 1. The Morgan fingerprint density at radius 3 is 2.47 bits per heavy atom. The lowest BCUT2D eigenvalue weighted by Gasteiger charge is -1.98. The molecular weight excluding hydrogens is 184 g/mol. The van der Waals surface area contributed by atoms with Crippen molar-refractivity contribution < 1.29 is 4.74 Å². The first-order valence-corrected chi connectivity index (χ1v) is 5.29. The minimum Gasteiger partial charge on any atom is -0.449 e. The van der Waals surface area contributed by atoms with Crippen LogP contribution in [-0.4, -0.2) is 0 Å². The van der Waals surface area contributed by atoms with Crippen molar-refractivity contribution in [1.82, 2.24) is 0 Å².